The molecule has 1 aromatic rings. The van der Waals surface area contributed by atoms with E-state index in [1.807, 2.05) is 0 Å². The fourth-order valence-corrected chi connectivity index (χ4v) is 2.97. The lowest BCUT2D eigenvalue weighted by molar-refractivity contribution is 0.238. The summed E-state index contributed by atoms with van der Waals surface area (Å²) in [5.41, 5.74) is 0. The fraction of sp³-hybridized carbons (Fsp3) is 0.400. The molecule has 2 N–H and O–H groups in total. The fourth-order valence-electron chi connectivity index (χ4n) is 1.08. The highest BCUT2D eigenvalue weighted by Gasteiger charge is 2.16. The van der Waals surface area contributed by atoms with Gasteiger partial charge < -0.3 is 5.11 Å². The van der Waals surface area contributed by atoms with E-state index in [1.165, 1.54) is 18.2 Å². The Kier molecular flexibility index (Phi) is 5.22. The second-order valence-corrected chi connectivity index (χ2v) is 6.38. The van der Waals surface area contributed by atoms with Crippen LogP contribution in [0.5, 0.6) is 0 Å². The summed E-state index contributed by atoms with van der Waals surface area (Å²) in [6.45, 7) is 1.80. The van der Waals surface area contributed by atoms with Gasteiger partial charge in [0.25, 0.3) is 0 Å². The van der Waals surface area contributed by atoms with Gasteiger partial charge in [0.15, 0.2) is 0 Å². The summed E-state index contributed by atoms with van der Waals surface area (Å²) in [6, 6.07) is 4.09. The van der Waals surface area contributed by atoms with E-state index in [0.29, 0.717) is 0 Å². The van der Waals surface area contributed by atoms with Crippen LogP contribution < -0.4 is 4.72 Å². The highest BCUT2D eigenvalue weighted by Crippen LogP contribution is 2.22. The third-order valence-electron chi connectivity index (χ3n) is 2.08. The monoisotopic (exact) mass is 297 g/mol. The molecule has 0 aliphatic carbocycles. The van der Waals surface area contributed by atoms with Crippen LogP contribution in [0.25, 0.3) is 0 Å². The smallest absolute Gasteiger partial charge is 0.240 e. The zero-order chi connectivity index (χ0) is 13.1. The van der Waals surface area contributed by atoms with Crippen molar-refractivity contribution in [3.63, 3.8) is 0 Å². The SMILES string of the molecule is CC(CO)CNS(=O)(=O)c1cc(Cl)cc(Cl)c1. The van der Waals surface area contributed by atoms with Crippen LogP contribution in [0.4, 0.5) is 0 Å². The number of rotatable bonds is 5. The van der Waals surface area contributed by atoms with E-state index in [4.69, 9.17) is 28.3 Å². The first-order valence-electron chi connectivity index (χ1n) is 4.92. The predicted molar refractivity (Wildman–Crippen MR) is 67.9 cm³/mol. The first-order chi connectivity index (χ1) is 7.85. The van der Waals surface area contributed by atoms with Gasteiger partial charge in [-0.1, -0.05) is 30.1 Å². The molecule has 0 heterocycles. The van der Waals surface area contributed by atoms with E-state index >= 15 is 0 Å². The normalized spacial score (nSPS) is 13.6. The molecule has 0 fully saturated rings. The molecule has 0 aliphatic heterocycles. The minimum absolute atomic E-state index is 0.0140. The second-order valence-electron chi connectivity index (χ2n) is 3.74. The molecule has 7 heteroatoms. The van der Waals surface area contributed by atoms with Gasteiger partial charge in [-0.05, 0) is 24.1 Å². The van der Waals surface area contributed by atoms with Crippen LogP contribution in [0, 0.1) is 5.92 Å². The lowest BCUT2D eigenvalue weighted by Crippen LogP contribution is -2.29. The third kappa shape index (κ3) is 4.44. The number of aliphatic hydroxyl groups excluding tert-OH is 1. The summed E-state index contributed by atoms with van der Waals surface area (Å²) in [4.78, 5) is 0.0140. The first kappa shape index (κ1) is 14.7. The van der Waals surface area contributed by atoms with Gasteiger partial charge in [0.1, 0.15) is 0 Å². The van der Waals surface area contributed by atoms with E-state index < -0.39 is 10.0 Å². The largest absolute Gasteiger partial charge is 0.396 e. The molecule has 0 spiro atoms. The molecule has 1 unspecified atom stereocenters. The zero-order valence-corrected chi connectivity index (χ0v) is 11.5. The van der Waals surface area contributed by atoms with Crippen LogP contribution in [0.2, 0.25) is 10.0 Å². The molecule has 0 aromatic heterocycles. The van der Waals surface area contributed by atoms with Crippen LogP contribution in [-0.4, -0.2) is 26.7 Å². The van der Waals surface area contributed by atoms with Crippen LogP contribution in [0.3, 0.4) is 0 Å². The summed E-state index contributed by atoms with van der Waals surface area (Å²) in [5.74, 6) is -0.153. The van der Waals surface area contributed by atoms with Crippen LogP contribution in [0.15, 0.2) is 23.1 Å². The quantitative estimate of drug-likeness (QED) is 0.872. The molecule has 0 radical (unpaired) electrons. The molecule has 1 aromatic carbocycles. The number of hydrogen-bond acceptors (Lipinski definition) is 3. The van der Waals surface area contributed by atoms with Crippen LogP contribution >= 0.6 is 23.2 Å². The van der Waals surface area contributed by atoms with Crippen molar-refractivity contribution in [2.75, 3.05) is 13.2 Å². The number of sulfonamides is 1. The Balaban J connectivity index is 2.89. The Bertz CT molecular complexity index is 470. The number of aliphatic hydroxyl groups is 1. The van der Waals surface area contributed by atoms with Gasteiger partial charge >= 0.3 is 0 Å². The molecule has 96 valence electrons. The Labute approximate surface area is 111 Å². The molecule has 0 amide bonds. The van der Waals surface area contributed by atoms with Crippen molar-refractivity contribution in [3.05, 3.63) is 28.2 Å². The van der Waals surface area contributed by atoms with Crippen molar-refractivity contribution in [1.29, 1.82) is 0 Å². The summed E-state index contributed by atoms with van der Waals surface area (Å²) < 4.78 is 26.1. The van der Waals surface area contributed by atoms with Crippen molar-refractivity contribution in [2.45, 2.75) is 11.8 Å². The Morgan fingerprint density at radius 1 is 1.29 bits per heavy atom. The van der Waals surface area contributed by atoms with Gasteiger partial charge in [-0.2, -0.15) is 0 Å². The molecular formula is C10H13Cl2NO3S. The number of halogens is 2. The molecule has 0 aliphatic rings. The average Bonchev–Trinajstić information content (AvgIpc) is 2.24. The summed E-state index contributed by atoms with van der Waals surface area (Å²) in [5, 5.41) is 9.33. The predicted octanol–water partition coefficient (Wildman–Crippen LogP) is 1.90. The molecule has 0 saturated carbocycles. The Morgan fingerprint density at radius 2 is 1.82 bits per heavy atom. The Hall–Kier alpha value is -0.330. The maximum Gasteiger partial charge on any atom is 0.240 e. The van der Waals surface area contributed by atoms with Gasteiger partial charge in [0.2, 0.25) is 10.0 Å². The number of hydrogen-bond donors (Lipinski definition) is 2. The maximum absolute atomic E-state index is 11.8. The standard InChI is InChI=1S/C10H13Cl2NO3S/c1-7(6-14)5-13-17(15,16)10-3-8(11)2-9(12)4-10/h2-4,7,13-14H,5-6H2,1H3. The molecule has 0 saturated heterocycles. The van der Waals surface area contributed by atoms with E-state index in [2.05, 4.69) is 4.72 Å². The molecule has 1 atom stereocenters. The Morgan fingerprint density at radius 3 is 2.29 bits per heavy atom. The number of nitrogens with one attached hydrogen (secondary N) is 1. The first-order valence-corrected chi connectivity index (χ1v) is 7.15. The van der Waals surface area contributed by atoms with Gasteiger partial charge in [-0.3, -0.25) is 0 Å². The van der Waals surface area contributed by atoms with Gasteiger partial charge in [0, 0.05) is 23.2 Å². The third-order valence-corrected chi connectivity index (χ3v) is 3.92. The van der Waals surface area contributed by atoms with Crippen LogP contribution in [-0.2, 0) is 10.0 Å². The van der Waals surface area contributed by atoms with Crippen molar-refractivity contribution in [2.24, 2.45) is 5.92 Å². The van der Waals surface area contributed by atoms with Gasteiger partial charge in [-0.25, -0.2) is 13.1 Å². The highest BCUT2D eigenvalue weighted by atomic mass is 35.5. The summed E-state index contributed by atoms with van der Waals surface area (Å²) >= 11 is 11.5. The molecule has 1 rings (SSSR count). The van der Waals surface area contributed by atoms with E-state index in [-0.39, 0.29) is 34.0 Å². The maximum atomic E-state index is 11.8. The van der Waals surface area contributed by atoms with Crippen molar-refractivity contribution in [3.8, 4) is 0 Å². The van der Waals surface area contributed by atoms with E-state index in [9.17, 15) is 8.42 Å². The summed E-state index contributed by atoms with van der Waals surface area (Å²) in [6.07, 6.45) is 0. The van der Waals surface area contributed by atoms with Gasteiger partial charge in [-0.15, -0.1) is 0 Å². The molecule has 0 bridgehead atoms. The topological polar surface area (TPSA) is 66.4 Å². The van der Waals surface area contributed by atoms with E-state index in [0.717, 1.165) is 0 Å². The molecule has 17 heavy (non-hydrogen) atoms. The van der Waals surface area contributed by atoms with Gasteiger partial charge in [0.05, 0.1) is 4.90 Å². The number of benzene rings is 1. The minimum Gasteiger partial charge on any atom is -0.396 e. The van der Waals surface area contributed by atoms with E-state index in [1.54, 1.807) is 6.92 Å². The van der Waals surface area contributed by atoms with Crippen molar-refractivity contribution < 1.29 is 13.5 Å². The average molecular weight is 298 g/mol. The minimum atomic E-state index is -3.64. The lowest BCUT2D eigenvalue weighted by Gasteiger charge is -2.10. The van der Waals surface area contributed by atoms with Crippen molar-refractivity contribution in [1.82, 2.24) is 4.72 Å². The van der Waals surface area contributed by atoms with Crippen LogP contribution in [0.1, 0.15) is 6.92 Å². The second kappa shape index (κ2) is 6.02. The molecular weight excluding hydrogens is 285 g/mol. The zero-order valence-electron chi connectivity index (χ0n) is 9.15. The van der Waals surface area contributed by atoms with Crippen molar-refractivity contribution >= 4 is 33.2 Å². The lowest BCUT2D eigenvalue weighted by atomic mass is 10.2. The molecule has 4 nitrogen and oxygen atoms in total. The highest BCUT2D eigenvalue weighted by molar-refractivity contribution is 7.89. The summed E-state index contributed by atoms with van der Waals surface area (Å²) in [7, 11) is -3.64.